The number of aromatic nitrogens is 2. The molecule has 1 N–H and O–H groups in total. The first-order valence-corrected chi connectivity index (χ1v) is 12.0. The molecule has 0 radical (unpaired) electrons. The second-order valence-electron chi connectivity index (χ2n) is 8.84. The van der Waals surface area contributed by atoms with Crippen LogP contribution in [0.3, 0.4) is 0 Å². The highest BCUT2D eigenvalue weighted by molar-refractivity contribution is 5.89. The fourth-order valence-corrected chi connectivity index (χ4v) is 4.79. The number of anilines is 1. The van der Waals surface area contributed by atoms with Gasteiger partial charge in [-0.3, -0.25) is 9.59 Å². The predicted molar refractivity (Wildman–Crippen MR) is 124 cm³/mol. The zero-order valence-electron chi connectivity index (χ0n) is 19.1. The first-order chi connectivity index (χ1) is 16.1. The molecule has 2 heterocycles. The zero-order valence-corrected chi connectivity index (χ0v) is 19.1. The van der Waals surface area contributed by atoms with E-state index in [0.29, 0.717) is 55.1 Å². The summed E-state index contributed by atoms with van der Waals surface area (Å²) in [6.07, 6.45) is 6.55. The fraction of sp³-hybridized carbons (Fsp3) is 0.560. The monoisotopic (exact) mass is 449 g/mol. The topological polar surface area (TPSA) is 108 Å². The van der Waals surface area contributed by atoms with E-state index >= 15 is 0 Å². The largest absolute Gasteiger partial charge is 0.466 e. The lowest BCUT2D eigenvalue weighted by molar-refractivity contribution is -0.148. The summed E-state index contributed by atoms with van der Waals surface area (Å²) in [5, 5.41) is 13.1. The van der Waals surface area contributed by atoms with E-state index in [-0.39, 0.29) is 23.8 Å². The molecule has 174 valence electrons. The number of ether oxygens (including phenoxy) is 1. The second kappa shape index (κ2) is 10.6. The van der Waals surface area contributed by atoms with E-state index in [9.17, 15) is 14.9 Å². The number of rotatable bonds is 6. The summed E-state index contributed by atoms with van der Waals surface area (Å²) in [6.45, 7) is 3.36. The van der Waals surface area contributed by atoms with Crippen molar-refractivity contribution in [2.24, 2.45) is 5.92 Å². The highest BCUT2D eigenvalue weighted by atomic mass is 16.5. The molecule has 1 aliphatic carbocycles. The molecule has 4 rings (SSSR count). The second-order valence-corrected chi connectivity index (χ2v) is 8.84. The van der Waals surface area contributed by atoms with Crippen molar-refractivity contribution in [3.8, 4) is 6.07 Å². The summed E-state index contributed by atoms with van der Waals surface area (Å²) in [7, 11) is 0. The van der Waals surface area contributed by atoms with Gasteiger partial charge in [-0.1, -0.05) is 31.4 Å². The van der Waals surface area contributed by atoms with Gasteiger partial charge in [0, 0.05) is 19.1 Å². The summed E-state index contributed by atoms with van der Waals surface area (Å²) < 4.78 is 5.18. The molecule has 1 atom stereocenters. The van der Waals surface area contributed by atoms with Crippen LogP contribution >= 0.6 is 0 Å². The number of esters is 1. The summed E-state index contributed by atoms with van der Waals surface area (Å²) in [5.41, 5.74) is 1.76. The van der Waals surface area contributed by atoms with E-state index < -0.39 is 5.92 Å². The molecule has 2 aliphatic rings. The minimum absolute atomic E-state index is 0.110. The van der Waals surface area contributed by atoms with Crippen molar-refractivity contribution in [3.63, 3.8) is 0 Å². The Labute approximate surface area is 194 Å². The Kier molecular flexibility index (Phi) is 7.38. The van der Waals surface area contributed by atoms with E-state index in [2.05, 4.69) is 11.4 Å². The molecule has 1 aromatic heterocycles. The number of piperidine rings is 1. The summed E-state index contributed by atoms with van der Waals surface area (Å²) in [6, 6.07) is 9.78. The van der Waals surface area contributed by atoms with Gasteiger partial charge >= 0.3 is 5.97 Å². The lowest BCUT2D eigenvalue weighted by atomic mass is 9.94. The number of hydrogen-bond donors (Lipinski definition) is 1. The summed E-state index contributed by atoms with van der Waals surface area (Å²) in [5.74, 6) is -1.09. The SMILES string of the molecule is CCOC(=O)C1CCN(c2nc3ccccc3nc2[C@H](C#N)C(=O)NC2CCCCC2)CC1. The van der Waals surface area contributed by atoms with E-state index in [1.54, 1.807) is 0 Å². The quantitative estimate of drug-likeness (QED) is 0.673. The Hall–Kier alpha value is -3.21. The van der Waals surface area contributed by atoms with Gasteiger partial charge in [-0.2, -0.15) is 5.26 Å². The molecule has 33 heavy (non-hydrogen) atoms. The van der Waals surface area contributed by atoms with Crippen LogP contribution in [0.15, 0.2) is 24.3 Å². The van der Waals surface area contributed by atoms with Gasteiger partial charge in [-0.05, 0) is 44.7 Å². The van der Waals surface area contributed by atoms with Crippen LogP contribution in [-0.2, 0) is 14.3 Å². The molecule has 1 amide bonds. The molecule has 1 aliphatic heterocycles. The molecular weight excluding hydrogens is 418 g/mol. The molecule has 0 unspecified atom stereocenters. The van der Waals surface area contributed by atoms with Gasteiger partial charge < -0.3 is 15.0 Å². The van der Waals surface area contributed by atoms with Crippen molar-refractivity contribution in [1.82, 2.24) is 15.3 Å². The van der Waals surface area contributed by atoms with Gasteiger partial charge in [0.15, 0.2) is 11.7 Å². The first-order valence-electron chi connectivity index (χ1n) is 12.0. The molecule has 1 saturated carbocycles. The van der Waals surface area contributed by atoms with Crippen molar-refractivity contribution in [2.75, 3.05) is 24.6 Å². The Morgan fingerprint density at radius 3 is 2.42 bits per heavy atom. The van der Waals surface area contributed by atoms with Crippen molar-refractivity contribution >= 4 is 28.7 Å². The van der Waals surface area contributed by atoms with Gasteiger partial charge in [0.2, 0.25) is 5.91 Å². The fourth-order valence-electron chi connectivity index (χ4n) is 4.79. The molecule has 0 spiro atoms. The number of carbonyl (C=O) groups is 2. The average Bonchev–Trinajstić information content (AvgIpc) is 2.85. The number of nitrogens with zero attached hydrogens (tertiary/aromatic N) is 4. The number of benzene rings is 1. The average molecular weight is 450 g/mol. The van der Waals surface area contributed by atoms with Crippen LogP contribution in [0.5, 0.6) is 0 Å². The van der Waals surface area contributed by atoms with E-state index in [0.717, 1.165) is 25.7 Å². The lowest BCUT2D eigenvalue weighted by Crippen LogP contribution is -2.41. The zero-order chi connectivity index (χ0) is 23.2. The molecule has 8 nitrogen and oxygen atoms in total. The first kappa shape index (κ1) is 23.0. The van der Waals surface area contributed by atoms with Gasteiger partial charge in [0.25, 0.3) is 0 Å². The van der Waals surface area contributed by atoms with Crippen LogP contribution in [0.1, 0.15) is 63.5 Å². The van der Waals surface area contributed by atoms with Gasteiger partial charge in [0.1, 0.15) is 5.69 Å². The number of hydrogen-bond acceptors (Lipinski definition) is 7. The molecule has 1 saturated heterocycles. The highest BCUT2D eigenvalue weighted by Crippen LogP contribution is 2.31. The standard InChI is InChI=1S/C25H31N5O3/c1-2-33-25(32)17-12-14-30(15-13-17)23-22(28-20-10-6-7-11-21(20)29-23)19(16-26)24(31)27-18-8-4-3-5-9-18/h6-7,10-11,17-19H,2-5,8-9,12-15H2,1H3,(H,27,31)/t19-/m0/s1. The smallest absolute Gasteiger partial charge is 0.309 e. The number of fused-ring (bicyclic) bond motifs is 1. The number of nitriles is 1. The number of nitrogens with one attached hydrogen (secondary N) is 1. The van der Waals surface area contributed by atoms with Crippen molar-refractivity contribution in [3.05, 3.63) is 30.0 Å². The number of amides is 1. The molecule has 2 fully saturated rings. The third-order valence-corrected chi connectivity index (χ3v) is 6.61. The Morgan fingerprint density at radius 2 is 1.79 bits per heavy atom. The van der Waals surface area contributed by atoms with Gasteiger partial charge in [0.05, 0.1) is 29.6 Å². The van der Waals surface area contributed by atoms with Crippen molar-refractivity contribution in [1.29, 1.82) is 5.26 Å². The van der Waals surface area contributed by atoms with Crippen LogP contribution in [0.2, 0.25) is 0 Å². The van der Waals surface area contributed by atoms with Gasteiger partial charge in [-0.15, -0.1) is 0 Å². The van der Waals surface area contributed by atoms with E-state index in [1.165, 1.54) is 6.42 Å². The predicted octanol–water partition coefficient (Wildman–Crippen LogP) is 3.47. The lowest BCUT2D eigenvalue weighted by Gasteiger charge is -2.33. The third kappa shape index (κ3) is 5.24. The summed E-state index contributed by atoms with van der Waals surface area (Å²) >= 11 is 0. The highest BCUT2D eigenvalue weighted by Gasteiger charge is 2.33. The van der Waals surface area contributed by atoms with E-state index in [4.69, 9.17) is 14.7 Å². The minimum atomic E-state index is -1.04. The third-order valence-electron chi connectivity index (χ3n) is 6.61. The van der Waals surface area contributed by atoms with Crippen molar-refractivity contribution in [2.45, 2.75) is 63.8 Å². The Balaban J connectivity index is 1.61. The number of carbonyl (C=O) groups excluding carboxylic acids is 2. The summed E-state index contributed by atoms with van der Waals surface area (Å²) in [4.78, 5) is 36.9. The molecule has 1 aromatic carbocycles. The van der Waals surface area contributed by atoms with Gasteiger partial charge in [-0.25, -0.2) is 9.97 Å². The molecule has 0 bridgehead atoms. The van der Waals surface area contributed by atoms with Crippen LogP contribution < -0.4 is 10.2 Å². The Morgan fingerprint density at radius 1 is 1.12 bits per heavy atom. The number of para-hydroxylation sites is 2. The Bertz CT molecular complexity index is 1040. The van der Waals surface area contributed by atoms with Crippen LogP contribution in [0.4, 0.5) is 5.82 Å². The van der Waals surface area contributed by atoms with Crippen molar-refractivity contribution < 1.29 is 14.3 Å². The minimum Gasteiger partial charge on any atom is -0.466 e. The molecule has 2 aromatic rings. The molecular formula is C25H31N5O3. The maximum absolute atomic E-state index is 13.1. The van der Waals surface area contributed by atoms with Crippen LogP contribution in [-0.4, -0.2) is 47.6 Å². The van der Waals surface area contributed by atoms with Crippen LogP contribution in [0.25, 0.3) is 11.0 Å². The molecule has 8 heteroatoms. The van der Waals surface area contributed by atoms with E-state index in [1.807, 2.05) is 36.1 Å². The normalized spacial score (nSPS) is 18.5. The maximum Gasteiger partial charge on any atom is 0.309 e. The van der Waals surface area contributed by atoms with Crippen LogP contribution in [0, 0.1) is 17.2 Å². The maximum atomic E-state index is 13.1.